The Balaban J connectivity index is 1.97. The van der Waals surface area contributed by atoms with E-state index in [1.54, 1.807) is 0 Å². The third-order valence-electron chi connectivity index (χ3n) is 3.54. The molecule has 88 valence electrons. The summed E-state index contributed by atoms with van der Waals surface area (Å²) in [4.78, 5) is 0. The maximum atomic E-state index is 5.90. The van der Waals surface area contributed by atoms with Crippen molar-refractivity contribution in [1.82, 2.24) is 5.32 Å². The van der Waals surface area contributed by atoms with Crippen molar-refractivity contribution in [3.8, 4) is 0 Å². The molecular weight excluding hydrogens is 218 g/mol. The van der Waals surface area contributed by atoms with E-state index in [4.69, 9.17) is 11.6 Å². The predicted molar refractivity (Wildman–Crippen MR) is 69.8 cm³/mol. The molecular formula is C14H20ClN. The van der Waals surface area contributed by atoms with Crippen LogP contribution in [0.15, 0.2) is 24.3 Å². The lowest BCUT2D eigenvalue weighted by molar-refractivity contribution is 0.494. The first-order valence-corrected chi connectivity index (χ1v) is 6.63. The minimum Gasteiger partial charge on any atom is -0.307 e. The minimum atomic E-state index is 0.485. The monoisotopic (exact) mass is 237 g/mol. The fourth-order valence-electron chi connectivity index (χ4n) is 2.31. The average molecular weight is 238 g/mol. The first-order chi connectivity index (χ1) is 7.74. The average Bonchev–Trinajstić information content (AvgIpc) is 3.06. The van der Waals surface area contributed by atoms with E-state index in [0.717, 1.165) is 23.4 Å². The smallest absolute Gasteiger partial charge is 0.0406 e. The molecule has 0 heterocycles. The molecule has 1 aromatic rings. The molecule has 2 rings (SSSR count). The third-order valence-corrected chi connectivity index (χ3v) is 3.79. The zero-order valence-electron chi connectivity index (χ0n) is 10.0. The Kier molecular flexibility index (Phi) is 3.88. The van der Waals surface area contributed by atoms with E-state index in [9.17, 15) is 0 Å². The van der Waals surface area contributed by atoms with E-state index in [2.05, 4.69) is 31.3 Å². The van der Waals surface area contributed by atoms with E-state index in [1.807, 2.05) is 12.1 Å². The van der Waals surface area contributed by atoms with Crippen LogP contribution >= 0.6 is 11.6 Å². The van der Waals surface area contributed by atoms with E-state index in [-0.39, 0.29) is 0 Å². The molecule has 16 heavy (non-hydrogen) atoms. The fourth-order valence-corrected chi connectivity index (χ4v) is 2.43. The van der Waals surface area contributed by atoms with Crippen LogP contribution in [0.5, 0.6) is 0 Å². The molecule has 3 unspecified atom stereocenters. The summed E-state index contributed by atoms with van der Waals surface area (Å²) in [7, 11) is 0. The van der Waals surface area contributed by atoms with Crippen molar-refractivity contribution in [3.63, 3.8) is 0 Å². The lowest BCUT2D eigenvalue weighted by Gasteiger charge is -2.17. The maximum Gasteiger partial charge on any atom is 0.0406 e. The molecule has 0 spiro atoms. The van der Waals surface area contributed by atoms with Gasteiger partial charge in [-0.05, 0) is 36.5 Å². The van der Waals surface area contributed by atoms with Gasteiger partial charge in [-0.1, -0.05) is 44.0 Å². The van der Waals surface area contributed by atoms with Crippen LogP contribution in [0.1, 0.15) is 44.7 Å². The van der Waals surface area contributed by atoms with Crippen molar-refractivity contribution < 1.29 is 0 Å². The second-order valence-corrected chi connectivity index (χ2v) is 5.13. The summed E-state index contributed by atoms with van der Waals surface area (Å²) in [6, 6.07) is 9.45. The summed E-state index contributed by atoms with van der Waals surface area (Å²) in [6.45, 7) is 4.51. The van der Waals surface area contributed by atoms with Gasteiger partial charge in [0, 0.05) is 17.1 Å². The molecule has 1 aliphatic carbocycles. The first-order valence-electron chi connectivity index (χ1n) is 6.26. The van der Waals surface area contributed by atoms with Crippen LogP contribution in [-0.4, -0.2) is 6.04 Å². The highest BCUT2D eigenvalue weighted by molar-refractivity contribution is 6.30. The Morgan fingerprint density at radius 3 is 2.50 bits per heavy atom. The Morgan fingerprint density at radius 2 is 2.00 bits per heavy atom. The standard InChI is InChI=1S/C14H20ClN/c1-3-10-9-14(10)16-13(4-2)11-5-7-12(15)8-6-11/h5-8,10,13-14,16H,3-4,9H2,1-2H3. The summed E-state index contributed by atoms with van der Waals surface area (Å²) in [5, 5.41) is 4.55. The van der Waals surface area contributed by atoms with Gasteiger partial charge < -0.3 is 5.32 Å². The van der Waals surface area contributed by atoms with E-state index in [0.29, 0.717) is 6.04 Å². The zero-order chi connectivity index (χ0) is 11.5. The summed E-state index contributed by atoms with van der Waals surface area (Å²) in [6.07, 6.45) is 3.78. The topological polar surface area (TPSA) is 12.0 Å². The highest BCUT2D eigenvalue weighted by atomic mass is 35.5. The van der Waals surface area contributed by atoms with Gasteiger partial charge in [-0.25, -0.2) is 0 Å². The lowest BCUT2D eigenvalue weighted by atomic mass is 10.0. The van der Waals surface area contributed by atoms with Gasteiger partial charge in [0.1, 0.15) is 0 Å². The van der Waals surface area contributed by atoms with Crippen LogP contribution in [0.25, 0.3) is 0 Å². The molecule has 1 nitrogen and oxygen atoms in total. The maximum absolute atomic E-state index is 5.90. The highest BCUT2D eigenvalue weighted by Gasteiger charge is 2.36. The molecule has 1 fully saturated rings. The molecule has 3 atom stereocenters. The molecule has 1 saturated carbocycles. The Morgan fingerprint density at radius 1 is 1.31 bits per heavy atom. The van der Waals surface area contributed by atoms with Gasteiger partial charge in [0.2, 0.25) is 0 Å². The van der Waals surface area contributed by atoms with Crippen molar-refractivity contribution in [2.45, 2.75) is 45.2 Å². The second-order valence-electron chi connectivity index (χ2n) is 4.69. The number of hydrogen-bond donors (Lipinski definition) is 1. The quantitative estimate of drug-likeness (QED) is 0.810. The SMILES string of the molecule is CCC(NC1CC1CC)c1ccc(Cl)cc1. The summed E-state index contributed by atoms with van der Waals surface area (Å²) in [5.74, 6) is 0.904. The Bertz CT molecular complexity index is 333. The molecule has 1 aromatic carbocycles. The van der Waals surface area contributed by atoms with E-state index >= 15 is 0 Å². The molecule has 0 aromatic heterocycles. The summed E-state index contributed by atoms with van der Waals surface area (Å²) >= 11 is 5.90. The van der Waals surface area contributed by atoms with Gasteiger partial charge in [0.05, 0.1) is 0 Å². The minimum absolute atomic E-state index is 0.485. The second kappa shape index (κ2) is 5.20. The largest absolute Gasteiger partial charge is 0.307 e. The molecule has 1 aliphatic rings. The number of nitrogens with one attached hydrogen (secondary N) is 1. The van der Waals surface area contributed by atoms with Gasteiger partial charge in [-0.15, -0.1) is 0 Å². The fraction of sp³-hybridized carbons (Fsp3) is 0.571. The van der Waals surface area contributed by atoms with E-state index < -0.39 is 0 Å². The molecule has 0 aliphatic heterocycles. The molecule has 0 bridgehead atoms. The number of rotatable bonds is 5. The molecule has 0 amide bonds. The Labute approximate surface area is 103 Å². The van der Waals surface area contributed by atoms with Crippen molar-refractivity contribution in [1.29, 1.82) is 0 Å². The van der Waals surface area contributed by atoms with Crippen LogP contribution < -0.4 is 5.32 Å². The van der Waals surface area contributed by atoms with Crippen LogP contribution in [0.3, 0.4) is 0 Å². The van der Waals surface area contributed by atoms with Crippen molar-refractivity contribution in [3.05, 3.63) is 34.9 Å². The predicted octanol–water partition coefficient (Wildman–Crippen LogP) is 4.18. The highest BCUT2D eigenvalue weighted by Crippen LogP contribution is 2.35. The van der Waals surface area contributed by atoms with Gasteiger partial charge in [-0.2, -0.15) is 0 Å². The molecule has 0 radical (unpaired) electrons. The molecule has 1 N–H and O–H groups in total. The van der Waals surface area contributed by atoms with E-state index in [1.165, 1.54) is 18.4 Å². The number of benzene rings is 1. The lowest BCUT2D eigenvalue weighted by Crippen LogP contribution is -2.24. The van der Waals surface area contributed by atoms with Crippen molar-refractivity contribution in [2.24, 2.45) is 5.92 Å². The van der Waals surface area contributed by atoms with Crippen molar-refractivity contribution >= 4 is 11.6 Å². The summed E-state index contributed by atoms with van der Waals surface area (Å²) in [5.41, 5.74) is 1.36. The van der Waals surface area contributed by atoms with Gasteiger partial charge in [0.25, 0.3) is 0 Å². The van der Waals surface area contributed by atoms with Crippen LogP contribution in [0.2, 0.25) is 5.02 Å². The van der Waals surface area contributed by atoms with Gasteiger partial charge in [0.15, 0.2) is 0 Å². The molecule has 0 saturated heterocycles. The van der Waals surface area contributed by atoms with Crippen molar-refractivity contribution in [2.75, 3.05) is 0 Å². The number of hydrogen-bond acceptors (Lipinski definition) is 1. The Hall–Kier alpha value is -0.530. The third kappa shape index (κ3) is 2.78. The molecule has 2 heteroatoms. The normalized spacial score (nSPS) is 25.4. The van der Waals surface area contributed by atoms with Crippen LogP contribution in [0.4, 0.5) is 0 Å². The van der Waals surface area contributed by atoms with Gasteiger partial charge >= 0.3 is 0 Å². The number of halogens is 1. The zero-order valence-corrected chi connectivity index (χ0v) is 10.8. The van der Waals surface area contributed by atoms with Gasteiger partial charge in [-0.3, -0.25) is 0 Å². The summed E-state index contributed by atoms with van der Waals surface area (Å²) < 4.78 is 0. The first kappa shape index (κ1) is 11.9. The van der Waals surface area contributed by atoms with Crippen LogP contribution in [-0.2, 0) is 0 Å². The van der Waals surface area contributed by atoms with Crippen LogP contribution in [0, 0.1) is 5.92 Å².